The van der Waals surface area contributed by atoms with Gasteiger partial charge in [0.05, 0.1) is 0 Å². The van der Waals surface area contributed by atoms with Gasteiger partial charge in [-0.25, -0.2) is 4.79 Å². The van der Waals surface area contributed by atoms with Crippen molar-refractivity contribution in [2.45, 2.75) is 71.8 Å². The van der Waals surface area contributed by atoms with Crippen LogP contribution < -0.4 is 5.32 Å². The van der Waals surface area contributed by atoms with Crippen molar-refractivity contribution in [2.75, 3.05) is 0 Å². The highest BCUT2D eigenvalue weighted by Gasteiger charge is 2.19. The lowest BCUT2D eigenvalue weighted by Gasteiger charge is -2.15. The Bertz CT molecular complexity index is 311. The summed E-state index contributed by atoms with van der Waals surface area (Å²) in [4.78, 5) is 22.6. The highest BCUT2D eigenvalue weighted by molar-refractivity contribution is 5.91. The Kier molecular flexibility index (Phi) is 10.7. The summed E-state index contributed by atoms with van der Waals surface area (Å²) in [5, 5.41) is 11.6. The van der Waals surface area contributed by atoms with Gasteiger partial charge in [-0.15, -0.1) is 0 Å². The third-order valence-corrected chi connectivity index (χ3v) is 3.07. The number of aliphatic carboxylic acids is 1. The third kappa shape index (κ3) is 10.6. The van der Waals surface area contributed by atoms with Crippen molar-refractivity contribution >= 4 is 11.9 Å². The number of carbonyl (C=O) groups is 2. The summed E-state index contributed by atoms with van der Waals surface area (Å²) >= 11 is 0. The van der Waals surface area contributed by atoms with Crippen molar-refractivity contribution in [3.05, 3.63) is 12.2 Å². The Labute approximate surface area is 122 Å². The second-order valence-electron chi connectivity index (χ2n) is 5.63. The van der Waals surface area contributed by atoms with Gasteiger partial charge in [0.1, 0.15) is 6.04 Å². The molecule has 0 spiro atoms. The van der Waals surface area contributed by atoms with E-state index in [9.17, 15) is 9.59 Å². The highest BCUT2D eigenvalue weighted by Crippen LogP contribution is 2.06. The molecular formula is C16H29NO3. The second-order valence-corrected chi connectivity index (χ2v) is 5.63. The van der Waals surface area contributed by atoms with E-state index in [1.807, 2.05) is 19.9 Å². The van der Waals surface area contributed by atoms with Gasteiger partial charge in [-0.3, -0.25) is 4.79 Å². The maximum Gasteiger partial charge on any atom is 0.326 e. The van der Waals surface area contributed by atoms with Gasteiger partial charge in [0.2, 0.25) is 5.91 Å². The zero-order valence-corrected chi connectivity index (χ0v) is 13.0. The van der Waals surface area contributed by atoms with Crippen molar-refractivity contribution < 1.29 is 14.7 Å². The fourth-order valence-electron chi connectivity index (χ4n) is 1.97. The Morgan fingerprint density at radius 2 is 1.80 bits per heavy atom. The van der Waals surface area contributed by atoms with Crippen molar-refractivity contribution in [2.24, 2.45) is 5.92 Å². The van der Waals surface area contributed by atoms with Crippen molar-refractivity contribution in [1.82, 2.24) is 5.32 Å². The van der Waals surface area contributed by atoms with E-state index in [1.54, 1.807) is 0 Å². The van der Waals surface area contributed by atoms with Crippen molar-refractivity contribution in [1.29, 1.82) is 0 Å². The standard InChI is InChI=1S/C16H29NO3/c1-4-5-6-7-8-9-10-11-15(18)17-14(16(19)20)12-13(2)3/h10-11,13-14H,4-9,12H2,1-3H3,(H,17,18)(H,19,20)/t14-/m0/s1. The number of carboxylic acid groups (broad SMARTS) is 1. The first-order valence-electron chi connectivity index (χ1n) is 7.67. The van der Waals surface area contributed by atoms with Crippen LogP contribution in [0.2, 0.25) is 0 Å². The quantitative estimate of drug-likeness (QED) is 0.450. The molecule has 0 saturated carbocycles. The molecule has 116 valence electrons. The molecule has 0 bridgehead atoms. The second kappa shape index (κ2) is 11.5. The average Bonchev–Trinajstić information content (AvgIpc) is 2.36. The Morgan fingerprint density at radius 3 is 2.35 bits per heavy atom. The predicted molar refractivity (Wildman–Crippen MR) is 81.5 cm³/mol. The lowest BCUT2D eigenvalue weighted by molar-refractivity contribution is -0.141. The smallest absolute Gasteiger partial charge is 0.326 e. The summed E-state index contributed by atoms with van der Waals surface area (Å²) in [5.74, 6) is -1.05. The van der Waals surface area contributed by atoms with Gasteiger partial charge in [0.15, 0.2) is 0 Å². The molecule has 0 radical (unpaired) electrons. The van der Waals surface area contributed by atoms with Crippen LogP contribution in [0.25, 0.3) is 0 Å². The number of nitrogens with one attached hydrogen (secondary N) is 1. The van der Waals surface area contributed by atoms with E-state index in [4.69, 9.17) is 5.11 Å². The number of hydrogen-bond acceptors (Lipinski definition) is 2. The number of amides is 1. The minimum Gasteiger partial charge on any atom is -0.480 e. The van der Waals surface area contributed by atoms with E-state index in [0.29, 0.717) is 6.42 Å². The molecule has 20 heavy (non-hydrogen) atoms. The van der Waals surface area contributed by atoms with Gasteiger partial charge in [0.25, 0.3) is 0 Å². The van der Waals surface area contributed by atoms with E-state index in [2.05, 4.69) is 12.2 Å². The molecule has 0 fully saturated rings. The lowest BCUT2D eigenvalue weighted by atomic mass is 10.0. The molecule has 4 heteroatoms. The van der Waals surface area contributed by atoms with E-state index >= 15 is 0 Å². The average molecular weight is 283 g/mol. The van der Waals surface area contributed by atoms with E-state index in [0.717, 1.165) is 12.8 Å². The zero-order valence-electron chi connectivity index (χ0n) is 13.0. The van der Waals surface area contributed by atoms with Crippen LogP contribution in [0, 0.1) is 5.92 Å². The molecule has 0 unspecified atom stereocenters. The van der Waals surface area contributed by atoms with Crippen LogP contribution in [0.15, 0.2) is 12.2 Å². The third-order valence-electron chi connectivity index (χ3n) is 3.07. The number of carboxylic acids is 1. The number of rotatable bonds is 11. The molecule has 0 saturated heterocycles. The minimum absolute atomic E-state index is 0.235. The molecule has 0 aliphatic carbocycles. The molecule has 0 rings (SSSR count). The Hall–Kier alpha value is -1.32. The molecule has 2 N–H and O–H groups in total. The molecule has 0 heterocycles. The van der Waals surface area contributed by atoms with Crippen LogP contribution >= 0.6 is 0 Å². The highest BCUT2D eigenvalue weighted by atomic mass is 16.4. The van der Waals surface area contributed by atoms with Crippen LogP contribution in [0.4, 0.5) is 0 Å². The van der Waals surface area contributed by atoms with Crippen molar-refractivity contribution in [3.8, 4) is 0 Å². The van der Waals surface area contributed by atoms with Gasteiger partial charge >= 0.3 is 5.97 Å². The minimum atomic E-state index is -0.972. The topological polar surface area (TPSA) is 66.4 Å². The summed E-state index contributed by atoms with van der Waals surface area (Å²) in [6.45, 7) is 6.06. The summed E-state index contributed by atoms with van der Waals surface area (Å²) in [6.07, 6.45) is 10.6. The molecular weight excluding hydrogens is 254 g/mol. The largest absolute Gasteiger partial charge is 0.480 e. The van der Waals surface area contributed by atoms with Crippen LogP contribution in [0.1, 0.15) is 65.7 Å². The SMILES string of the molecule is CCCCCCCC=CC(=O)N[C@@H](CC(C)C)C(=O)O. The fraction of sp³-hybridized carbons (Fsp3) is 0.750. The normalized spacial score (nSPS) is 12.8. The van der Waals surface area contributed by atoms with Crippen LogP contribution in [0.3, 0.4) is 0 Å². The number of hydrogen-bond donors (Lipinski definition) is 2. The number of allylic oxidation sites excluding steroid dienone is 1. The zero-order chi connectivity index (χ0) is 15.4. The van der Waals surface area contributed by atoms with Gasteiger partial charge in [-0.05, 0) is 31.3 Å². The fourth-order valence-corrected chi connectivity index (χ4v) is 1.97. The lowest BCUT2D eigenvalue weighted by Crippen LogP contribution is -2.40. The molecule has 4 nitrogen and oxygen atoms in total. The number of unbranched alkanes of at least 4 members (excludes halogenated alkanes) is 5. The van der Waals surface area contributed by atoms with Crippen molar-refractivity contribution in [3.63, 3.8) is 0 Å². The van der Waals surface area contributed by atoms with Crippen LogP contribution in [-0.2, 0) is 9.59 Å². The van der Waals surface area contributed by atoms with Crippen LogP contribution in [-0.4, -0.2) is 23.0 Å². The Balaban J connectivity index is 3.91. The van der Waals surface area contributed by atoms with Crippen LogP contribution in [0.5, 0.6) is 0 Å². The molecule has 0 aromatic carbocycles. The van der Waals surface area contributed by atoms with E-state index in [1.165, 1.54) is 31.8 Å². The molecule has 0 aliphatic rings. The first-order chi connectivity index (χ1) is 9.47. The molecule has 0 aromatic heterocycles. The van der Waals surface area contributed by atoms with Gasteiger partial charge < -0.3 is 10.4 Å². The van der Waals surface area contributed by atoms with E-state index < -0.39 is 12.0 Å². The van der Waals surface area contributed by atoms with Gasteiger partial charge in [0, 0.05) is 0 Å². The summed E-state index contributed by atoms with van der Waals surface area (Å²) in [7, 11) is 0. The number of carbonyl (C=O) groups excluding carboxylic acids is 1. The van der Waals surface area contributed by atoms with Gasteiger partial charge in [-0.1, -0.05) is 52.5 Å². The monoisotopic (exact) mass is 283 g/mol. The summed E-state index contributed by atoms with van der Waals surface area (Å²) < 4.78 is 0. The first-order valence-corrected chi connectivity index (χ1v) is 7.67. The molecule has 0 aromatic rings. The summed E-state index contributed by atoms with van der Waals surface area (Å²) in [6, 6.07) is -0.795. The Morgan fingerprint density at radius 1 is 1.15 bits per heavy atom. The molecule has 0 aliphatic heterocycles. The first kappa shape index (κ1) is 18.7. The summed E-state index contributed by atoms with van der Waals surface area (Å²) in [5.41, 5.74) is 0. The molecule has 1 amide bonds. The molecule has 1 atom stereocenters. The maximum absolute atomic E-state index is 11.6. The predicted octanol–water partition coefficient (Wildman–Crippen LogP) is 3.52. The van der Waals surface area contributed by atoms with E-state index in [-0.39, 0.29) is 11.8 Å². The van der Waals surface area contributed by atoms with Gasteiger partial charge in [-0.2, -0.15) is 0 Å². The maximum atomic E-state index is 11.6.